The molecule has 0 bridgehead atoms. The fraction of sp³-hybridized carbons (Fsp3) is 1.00. The van der Waals surface area contributed by atoms with E-state index in [0.29, 0.717) is 0 Å². The molecule has 0 radical (unpaired) electrons. The van der Waals surface area contributed by atoms with Gasteiger partial charge in [0.2, 0.25) is 6.43 Å². The summed E-state index contributed by atoms with van der Waals surface area (Å²) in [4.78, 5) is 0. The van der Waals surface area contributed by atoms with Crippen molar-refractivity contribution in [2.45, 2.75) is 46.0 Å². The average molecular weight is 150 g/mol. The zero-order chi connectivity index (χ0) is 7.98. The van der Waals surface area contributed by atoms with E-state index in [2.05, 4.69) is 0 Å². The maximum absolute atomic E-state index is 11.8. The predicted octanol–water partition coefficient (Wildman–Crippen LogP) is 3.47. The maximum Gasteiger partial charge on any atom is 0.238 e. The largest absolute Gasteiger partial charge is 0.238 e. The fourth-order valence-electron chi connectivity index (χ4n) is 1.15. The highest BCUT2D eigenvalue weighted by atomic mass is 19.3. The summed E-state index contributed by atoms with van der Waals surface area (Å²) in [5.74, 6) is 0.241. The van der Waals surface area contributed by atoms with Gasteiger partial charge in [-0.2, -0.15) is 0 Å². The van der Waals surface area contributed by atoms with Crippen molar-refractivity contribution in [1.82, 2.24) is 0 Å². The van der Waals surface area contributed by atoms with E-state index in [1.165, 1.54) is 0 Å². The van der Waals surface area contributed by atoms with Gasteiger partial charge >= 0.3 is 0 Å². The topological polar surface area (TPSA) is 0 Å². The molecule has 62 valence electrons. The summed E-state index contributed by atoms with van der Waals surface area (Å²) >= 11 is 0. The van der Waals surface area contributed by atoms with E-state index in [1.54, 1.807) is 0 Å². The molecule has 0 fully saturated rings. The number of halogens is 2. The van der Waals surface area contributed by atoms with Crippen molar-refractivity contribution in [3.8, 4) is 0 Å². The molecule has 0 aromatic rings. The van der Waals surface area contributed by atoms with Gasteiger partial charge < -0.3 is 0 Å². The van der Waals surface area contributed by atoms with E-state index in [0.717, 1.165) is 19.3 Å². The number of rotatable bonds is 5. The average Bonchev–Trinajstić information content (AvgIpc) is 1.86. The molecule has 0 aliphatic rings. The van der Waals surface area contributed by atoms with Crippen LogP contribution in [-0.4, -0.2) is 6.43 Å². The van der Waals surface area contributed by atoms with Gasteiger partial charge in [0.1, 0.15) is 0 Å². The van der Waals surface area contributed by atoms with Crippen molar-refractivity contribution < 1.29 is 8.78 Å². The molecule has 0 nitrogen and oxygen atoms in total. The molecule has 0 aromatic heterocycles. The van der Waals surface area contributed by atoms with Gasteiger partial charge in [-0.05, 0) is 5.92 Å². The summed E-state index contributed by atoms with van der Waals surface area (Å²) in [6, 6.07) is 0. The monoisotopic (exact) mass is 150 g/mol. The molecule has 0 amide bonds. The Morgan fingerprint density at radius 2 is 1.80 bits per heavy atom. The van der Waals surface area contributed by atoms with Crippen LogP contribution in [0.3, 0.4) is 0 Å². The molecule has 10 heavy (non-hydrogen) atoms. The van der Waals surface area contributed by atoms with Gasteiger partial charge in [-0.3, -0.25) is 0 Å². The fourth-order valence-corrected chi connectivity index (χ4v) is 1.15. The van der Waals surface area contributed by atoms with Crippen molar-refractivity contribution in [1.29, 1.82) is 0 Å². The first kappa shape index (κ1) is 9.86. The van der Waals surface area contributed by atoms with E-state index in [9.17, 15) is 8.78 Å². The Morgan fingerprint density at radius 1 is 1.20 bits per heavy atom. The molecule has 0 saturated carbocycles. The number of hydrogen-bond acceptors (Lipinski definition) is 0. The molecule has 0 saturated heterocycles. The Kier molecular flexibility index (Phi) is 5.55. The van der Waals surface area contributed by atoms with Crippen LogP contribution in [0.1, 0.15) is 39.5 Å². The highest BCUT2D eigenvalue weighted by Gasteiger charge is 2.11. The van der Waals surface area contributed by atoms with Crippen molar-refractivity contribution in [3.63, 3.8) is 0 Å². The van der Waals surface area contributed by atoms with Crippen molar-refractivity contribution in [3.05, 3.63) is 0 Å². The van der Waals surface area contributed by atoms with Gasteiger partial charge in [-0.1, -0.05) is 33.1 Å². The summed E-state index contributed by atoms with van der Waals surface area (Å²) in [6.07, 6.45) is 0.825. The molecule has 0 aliphatic heterocycles. The van der Waals surface area contributed by atoms with Crippen LogP contribution in [-0.2, 0) is 0 Å². The Labute approximate surface area is 61.6 Å². The lowest BCUT2D eigenvalue weighted by Gasteiger charge is -2.11. The first-order valence-corrected chi connectivity index (χ1v) is 3.98. The summed E-state index contributed by atoms with van der Waals surface area (Å²) in [5.41, 5.74) is 0. The van der Waals surface area contributed by atoms with Gasteiger partial charge in [0.25, 0.3) is 0 Å². The summed E-state index contributed by atoms with van der Waals surface area (Å²) in [7, 11) is 0. The minimum Gasteiger partial charge on any atom is -0.211 e. The smallest absolute Gasteiger partial charge is 0.211 e. The van der Waals surface area contributed by atoms with E-state index >= 15 is 0 Å². The lowest BCUT2D eigenvalue weighted by atomic mass is 9.97. The van der Waals surface area contributed by atoms with E-state index in [1.807, 2.05) is 13.8 Å². The molecular formula is C8H16F2. The van der Waals surface area contributed by atoms with Crippen LogP contribution in [0.25, 0.3) is 0 Å². The van der Waals surface area contributed by atoms with Crippen LogP contribution in [0, 0.1) is 5.92 Å². The normalized spacial score (nSPS) is 14.1. The lowest BCUT2D eigenvalue weighted by molar-refractivity contribution is 0.111. The van der Waals surface area contributed by atoms with Crippen LogP contribution in [0.2, 0.25) is 0 Å². The molecule has 1 unspecified atom stereocenters. The van der Waals surface area contributed by atoms with Crippen molar-refractivity contribution in [2.24, 2.45) is 5.92 Å². The molecule has 1 atom stereocenters. The van der Waals surface area contributed by atoms with Crippen molar-refractivity contribution >= 4 is 0 Å². The molecule has 0 rings (SSSR count). The Morgan fingerprint density at radius 3 is 2.10 bits per heavy atom. The standard InChI is InChI=1S/C8H16F2/c1-3-5-7(4-2)6-8(9)10/h7-8H,3-6H2,1-2H3. The van der Waals surface area contributed by atoms with Gasteiger partial charge in [-0.25, -0.2) is 8.78 Å². The van der Waals surface area contributed by atoms with Crippen LogP contribution < -0.4 is 0 Å². The van der Waals surface area contributed by atoms with Gasteiger partial charge in [0.05, 0.1) is 0 Å². The van der Waals surface area contributed by atoms with Crippen LogP contribution in [0.4, 0.5) is 8.78 Å². The maximum atomic E-state index is 11.8. The van der Waals surface area contributed by atoms with Gasteiger partial charge in [0.15, 0.2) is 0 Å². The Hall–Kier alpha value is -0.140. The quantitative estimate of drug-likeness (QED) is 0.563. The van der Waals surface area contributed by atoms with E-state index < -0.39 is 6.43 Å². The molecule has 0 aromatic carbocycles. The van der Waals surface area contributed by atoms with Crippen LogP contribution in [0.5, 0.6) is 0 Å². The number of alkyl halides is 2. The van der Waals surface area contributed by atoms with Crippen LogP contribution >= 0.6 is 0 Å². The first-order valence-electron chi connectivity index (χ1n) is 3.98. The lowest BCUT2D eigenvalue weighted by Crippen LogP contribution is -2.04. The van der Waals surface area contributed by atoms with Crippen molar-refractivity contribution in [2.75, 3.05) is 0 Å². The third-order valence-electron chi connectivity index (χ3n) is 1.79. The summed E-state index contributed by atoms with van der Waals surface area (Å²) < 4.78 is 23.6. The zero-order valence-electron chi connectivity index (χ0n) is 6.74. The molecular weight excluding hydrogens is 134 g/mol. The number of hydrogen-bond donors (Lipinski definition) is 0. The minimum atomic E-state index is -2.11. The SMILES string of the molecule is CCCC(CC)CC(F)F. The third kappa shape index (κ3) is 4.71. The van der Waals surface area contributed by atoms with Gasteiger partial charge in [0, 0.05) is 6.42 Å². The highest BCUT2D eigenvalue weighted by Crippen LogP contribution is 2.18. The van der Waals surface area contributed by atoms with E-state index in [-0.39, 0.29) is 12.3 Å². The van der Waals surface area contributed by atoms with E-state index in [4.69, 9.17) is 0 Å². The second-order valence-corrected chi connectivity index (χ2v) is 2.69. The van der Waals surface area contributed by atoms with Crippen LogP contribution in [0.15, 0.2) is 0 Å². The molecule has 0 spiro atoms. The third-order valence-corrected chi connectivity index (χ3v) is 1.79. The molecule has 0 heterocycles. The van der Waals surface area contributed by atoms with Gasteiger partial charge in [-0.15, -0.1) is 0 Å². The second-order valence-electron chi connectivity index (χ2n) is 2.69. The summed E-state index contributed by atoms with van der Waals surface area (Å²) in [6.45, 7) is 4.01. The molecule has 0 N–H and O–H groups in total. The molecule has 0 aliphatic carbocycles. The first-order chi connectivity index (χ1) is 4.70. The minimum absolute atomic E-state index is 0.0876. The molecule has 2 heteroatoms. The highest BCUT2D eigenvalue weighted by molar-refractivity contribution is 4.57. The zero-order valence-corrected chi connectivity index (χ0v) is 6.74. The second kappa shape index (κ2) is 5.63. The Bertz CT molecular complexity index is 71.7. The predicted molar refractivity (Wildman–Crippen MR) is 39.3 cm³/mol. The Balaban J connectivity index is 3.39. The summed E-state index contributed by atoms with van der Waals surface area (Å²) in [5, 5.41) is 0.